The van der Waals surface area contributed by atoms with E-state index in [-0.39, 0.29) is 5.82 Å². The number of nitrogens with zero attached hydrogens (tertiary/aromatic N) is 4. The molecule has 0 saturated carbocycles. The smallest absolute Gasteiger partial charge is 0.305 e. The van der Waals surface area contributed by atoms with E-state index in [1.807, 2.05) is 0 Å². The van der Waals surface area contributed by atoms with Gasteiger partial charge in [0.25, 0.3) is 0 Å². The first-order valence-corrected chi connectivity index (χ1v) is 6.16. The molecule has 1 heterocycles. The van der Waals surface area contributed by atoms with Gasteiger partial charge in [0.15, 0.2) is 5.82 Å². The molecule has 0 unspecified atom stereocenters. The van der Waals surface area contributed by atoms with Crippen molar-refractivity contribution in [1.29, 1.82) is 0 Å². The van der Waals surface area contributed by atoms with Crippen LogP contribution in [-0.4, -0.2) is 19.7 Å². The zero-order chi connectivity index (χ0) is 14.2. The van der Waals surface area contributed by atoms with Crippen LogP contribution in [-0.2, 0) is 12.4 Å². The Bertz CT molecular complexity index is 659. The van der Waals surface area contributed by atoms with Crippen molar-refractivity contribution >= 4 is 21.6 Å². The van der Waals surface area contributed by atoms with Gasteiger partial charge < -0.3 is 4.57 Å². The Balaban J connectivity index is 2.70. The van der Waals surface area contributed by atoms with Gasteiger partial charge in [-0.3, -0.25) is 10.1 Å². The summed E-state index contributed by atoms with van der Waals surface area (Å²) in [5.74, 6) is -1.85. The first kappa shape index (κ1) is 13.5. The molecule has 0 aliphatic carbocycles. The fraction of sp³-hybridized carbons (Fsp3) is 0.200. The fourth-order valence-corrected chi connectivity index (χ4v) is 2.07. The molecule has 0 saturated heterocycles. The van der Waals surface area contributed by atoms with Crippen molar-refractivity contribution in [2.75, 3.05) is 0 Å². The van der Waals surface area contributed by atoms with E-state index in [2.05, 4.69) is 26.1 Å². The Morgan fingerprint density at radius 3 is 2.63 bits per heavy atom. The third kappa shape index (κ3) is 2.21. The van der Waals surface area contributed by atoms with E-state index in [0.717, 1.165) is 12.1 Å². The molecule has 0 amide bonds. The van der Waals surface area contributed by atoms with Crippen LogP contribution in [0.2, 0.25) is 0 Å². The number of nitro benzene ring substituents is 1. The molecule has 9 heteroatoms. The highest BCUT2D eigenvalue weighted by Crippen LogP contribution is 2.30. The second-order valence-electron chi connectivity index (χ2n) is 3.65. The van der Waals surface area contributed by atoms with Crippen molar-refractivity contribution in [2.24, 2.45) is 7.05 Å². The number of nitro groups is 1. The molecule has 2 rings (SSSR count). The summed E-state index contributed by atoms with van der Waals surface area (Å²) in [5.41, 5.74) is -1.36. The third-order valence-electron chi connectivity index (χ3n) is 2.58. The van der Waals surface area contributed by atoms with Crippen molar-refractivity contribution in [3.8, 4) is 11.4 Å². The Kier molecular flexibility index (Phi) is 3.56. The molecule has 2 aromatic rings. The molecule has 0 bridgehead atoms. The zero-order valence-corrected chi connectivity index (χ0v) is 11.2. The highest BCUT2D eigenvalue weighted by molar-refractivity contribution is 9.08. The van der Waals surface area contributed by atoms with Crippen LogP contribution in [0.25, 0.3) is 11.4 Å². The molecular formula is C10H7BrF2N4O2. The van der Waals surface area contributed by atoms with Crippen LogP contribution in [0.1, 0.15) is 5.82 Å². The first-order chi connectivity index (χ1) is 8.97. The summed E-state index contributed by atoms with van der Waals surface area (Å²) in [7, 11) is 1.52. The number of alkyl halides is 1. The summed E-state index contributed by atoms with van der Waals surface area (Å²) in [5, 5.41) is 18.4. The average Bonchev–Trinajstić information content (AvgIpc) is 2.70. The fourth-order valence-electron chi connectivity index (χ4n) is 1.58. The van der Waals surface area contributed by atoms with E-state index >= 15 is 0 Å². The predicted molar refractivity (Wildman–Crippen MR) is 65.6 cm³/mol. The summed E-state index contributed by atoms with van der Waals surface area (Å²) in [6, 6.07) is 1.61. The molecule has 0 fully saturated rings. The van der Waals surface area contributed by atoms with Gasteiger partial charge in [-0.15, -0.1) is 10.2 Å². The lowest BCUT2D eigenvalue weighted by atomic mass is 10.1. The van der Waals surface area contributed by atoms with Crippen LogP contribution < -0.4 is 0 Å². The molecule has 0 aliphatic rings. The summed E-state index contributed by atoms with van der Waals surface area (Å²) < 4.78 is 29.1. The maximum absolute atomic E-state index is 14.0. The van der Waals surface area contributed by atoms with Gasteiger partial charge in [-0.25, -0.2) is 4.39 Å². The van der Waals surface area contributed by atoms with Gasteiger partial charge in [-0.05, 0) is 6.07 Å². The quantitative estimate of drug-likeness (QED) is 0.492. The number of hydrogen-bond donors (Lipinski definition) is 0. The summed E-state index contributed by atoms with van der Waals surface area (Å²) in [6.07, 6.45) is 0. The first-order valence-electron chi connectivity index (χ1n) is 5.04. The minimum Gasteiger partial charge on any atom is -0.313 e. The van der Waals surface area contributed by atoms with Gasteiger partial charge >= 0.3 is 5.69 Å². The van der Waals surface area contributed by atoms with E-state index in [1.165, 1.54) is 11.6 Å². The minimum absolute atomic E-state index is 0.104. The monoisotopic (exact) mass is 332 g/mol. The lowest BCUT2D eigenvalue weighted by Gasteiger charge is -2.05. The molecule has 0 spiro atoms. The summed E-state index contributed by atoms with van der Waals surface area (Å²) in [6.45, 7) is 0. The topological polar surface area (TPSA) is 73.8 Å². The molecule has 0 radical (unpaired) electrons. The molecule has 1 aromatic heterocycles. The minimum atomic E-state index is -1.26. The van der Waals surface area contributed by atoms with E-state index in [0.29, 0.717) is 11.2 Å². The van der Waals surface area contributed by atoms with E-state index in [4.69, 9.17) is 0 Å². The van der Waals surface area contributed by atoms with Gasteiger partial charge in [0.1, 0.15) is 11.6 Å². The highest BCUT2D eigenvalue weighted by atomic mass is 79.9. The van der Waals surface area contributed by atoms with Crippen LogP contribution in [0.3, 0.4) is 0 Å². The standard InChI is InChI=1S/C10H7BrF2N4O2/c1-16-7(4-11)14-15-10(16)8-5(12)2-3-6(9(8)13)17(18)19/h2-3H,4H2,1H3. The van der Waals surface area contributed by atoms with E-state index < -0.39 is 27.8 Å². The summed E-state index contributed by atoms with van der Waals surface area (Å²) >= 11 is 3.15. The van der Waals surface area contributed by atoms with Crippen molar-refractivity contribution in [3.05, 3.63) is 39.7 Å². The maximum Gasteiger partial charge on any atom is 0.305 e. The number of benzene rings is 1. The van der Waals surface area contributed by atoms with Crippen LogP contribution in [0, 0.1) is 21.7 Å². The Labute approximate surface area is 114 Å². The Morgan fingerprint density at radius 1 is 1.42 bits per heavy atom. The lowest BCUT2D eigenvalue weighted by Crippen LogP contribution is -2.03. The van der Waals surface area contributed by atoms with Gasteiger partial charge in [-0.1, -0.05) is 15.9 Å². The van der Waals surface area contributed by atoms with Crippen molar-refractivity contribution in [3.63, 3.8) is 0 Å². The van der Waals surface area contributed by atoms with Crippen LogP contribution in [0.5, 0.6) is 0 Å². The van der Waals surface area contributed by atoms with Crippen molar-refractivity contribution in [2.45, 2.75) is 5.33 Å². The molecular weight excluding hydrogens is 326 g/mol. The normalized spacial score (nSPS) is 10.7. The lowest BCUT2D eigenvalue weighted by molar-refractivity contribution is -0.387. The Hall–Kier alpha value is -1.90. The SMILES string of the molecule is Cn1c(CBr)nnc1-c1c(F)ccc([N+](=O)[O-])c1F. The van der Waals surface area contributed by atoms with Crippen LogP contribution in [0.15, 0.2) is 12.1 Å². The molecule has 1 aromatic carbocycles. The maximum atomic E-state index is 14.0. The highest BCUT2D eigenvalue weighted by Gasteiger charge is 2.26. The molecule has 100 valence electrons. The van der Waals surface area contributed by atoms with Gasteiger partial charge in [-0.2, -0.15) is 4.39 Å². The largest absolute Gasteiger partial charge is 0.313 e. The van der Waals surface area contributed by atoms with Gasteiger partial charge in [0, 0.05) is 13.1 Å². The second kappa shape index (κ2) is 5.00. The van der Waals surface area contributed by atoms with Crippen LogP contribution >= 0.6 is 15.9 Å². The third-order valence-corrected chi connectivity index (χ3v) is 3.08. The molecule has 0 atom stereocenters. The van der Waals surface area contributed by atoms with E-state index in [9.17, 15) is 18.9 Å². The number of halogens is 3. The Morgan fingerprint density at radius 2 is 2.11 bits per heavy atom. The number of hydrogen-bond acceptors (Lipinski definition) is 4. The predicted octanol–water partition coefficient (Wildman–Crippen LogP) is 2.56. The van der Waals surface area contributed by atoms with Gasteiger partial charge in [0.05, 0.1) is 15.8 Å². The van der Waals surface area contributed by atoms with E-state index in [1.54, 1.807) is 0 Å². The molecule has 0 aliphatic heterocycles. The van der Waals surface area contributed by atoms with Crippen LogP contribution in [0.4, 0.5) is 14.5 Å². The molecule has 6 nitrogen and oxygen atoms in total. The van der Waals surface area contributed by atoms with Crippen molar-refractivity contribution < 1.29 is 13.7 Å². The average molecular weight is 333 g/mol. The van der Waals surface area contributed by atoms with Crippen molar-refractivity contribution in [1.82, 2.24) is 14.8 Å². The molecule has 0 N–H and O–H groups in total. The molecule has 19 heavy (non-hydrogen) atoms. The van der Waals surface area contributed by atoms with Gasteiger partial charge in [0.2, 0.25) is 5.82 Å². The second-order valence-corrected chi connectivity index (χ2v) is 4.21. The number of aromatic nitrogens is 3. The summed E-state index contributed by atoms with van der Waals surface area (Å²) in [4.78, 5) is 9.74. The number of rotatable bonds is 3. The zero-order valence-electron chi connectivity index (χ0n) is 9.60.